The largest absolute Gasteiger partial charge is 0.457 e. The minimum Gasteiger partial charge on any atom is -0.457 e. The van der Waals surface area contributed by atoms with Crippen LogP contribution in [0, 0.1) is 0 Å². The molecule has 0 radical (unpaired) electrons. The topological polar surface area (TPSA) is 58.6 Å². The fourth-order valence-electron chi connectivity index (χ4n) is 3.17. The second-order valence-electron chi connectivity index (χ2n) is 6.58. The van der Waals surface area contributed by atoms with Crippen molar-refractivity contribution in [3.05, 3.63) is 96.1 Å². The van der Waals surface area contributed by atoms with Gasteiger partial charge in [-0.3, -0.25) is 4.79 Å². The van der Waals surface area contributed by atoms with Crippen LogP contribution in [0.15, 0.2) is 84.9 Å². The molecular weight excluding hydrogens is 350 g/mol. The van der Waals surface area contributed by atoms with E-state index in [4.69, 9.17) is 4.74 Å². The third kappa shape index (κ3) is 5.44. The van der Waals surface area contributed by atoms with E-state index >= 15 is 0 Å². The normalized spacial score (nSPS) is 11.6. The first-order valence-corrected chi connectivity index (χ1v) is 9.54. The minimum atomic E-state index is -0.164. The zero-order valence-electron chi connectivity index (χ0n) is 15.8. The third-order valence-corrected chi connectivity index (χ3v) is 4.63. The van der Waals surface area contributed by atoms with Crippen molar-refractivity contribution in [2.45, 2.75) is 18.8 Å². The Bertz CT molecular complexity index is 865. The predicted molar refractivity (Wildman–Crippen MR) is 111 cm³/mol. The van der Waals surface area contributed by atoms with Crippen LogP contribution in [0.4, 0.5) is 0 Å². The Kier molecular flexibility index (Phi) is 7.21. The number of rotatable bonds is 9. The van der Waals surface area contributed by atoms with Crippen LogP contribution in [0.25, 0.3) is 0 Å². The quantitative estimate of drug-likeness (QED) is 0.567. The van der Waals surface area contributed by atoms with Crippen LogP contribution in [0.2, 0.25) is 0 Å². The SMILES string of the molecule is O=C(NCCC(CCO)c1ccccc1)c1ccccc1Oc1ccccc1. The Morgan fingerprint density at radius 2 is 1.50 bits per heavy atom. The summed E-state index contributed by atoms with van der Waals surface area (Å²) >= 11 is 0. The molecule has 2 N–H and O–H groups in total. The van der Waals surface area contributed by atoms with E-state index in [0.717, 1.165) is 6.42 Å². The second kappa shape index (κ2) is 10.3. The van der Waals surface area contributed by atoms with Crippen LogP contribution in [0.5, 0.6) is 11.5 Å². The molecule has 28 heavy (non-hydrogen) atoms. The zero-order chi connectivity index (χ0) is 19.6. The standard InChI is InChI=1S/C24H25NO3/c26-18-16-20(19-9-3-1-4-10-19)15-17-25-24(27)22-13-7-8-14-23(22)28-21-11-5-2-6-12-21/h1-14,20,26H,15-18H2,(H,25,27). The summed E-state index contributed by atoms with van der Waals surface area (Å²) in [6.45, 7) is 0.652. The number of para-hydroxylation sites is 2. The summed E-state index contributed by atoms with van der Waals surface area (Å²) in [6, 6.07) is 26.7. The predicted octanol–water partition coefficient (Wildman–Crippen LogP) is 4.77. The van der Waals surface area contributed by atoms with Gasteiger partial charge in [0, 0.05) is 13.2 Å². The fraction of sp³-hybridized carbons (Fsp3) is 0.208. The fourth-order valence-corrected chi connectivity index (χ4v) is 3.17. The van der Waals surface area contributed by atoms with Crippen LogP contribution in [0.3, 0.4) is 0 Å². The molecule has 4 nitrogen and oxygen atoms in total. The first-order chi connectivity index (χ1) is 13.8. The lowest BCUT2D eigenvalue weighted by Crippen LogP contribution is -2.26. The number of carbonyl (C=O) groups is 1. The summed E-state index contributed by atoms with van der Waals surface area (Å²) in [5.74, 6) is 1.26. The maximum Gasteiger partial charge on any atom is 0.255 e. The van der Waals surface area contributed by atoms with Gasteiger partial charge in [-0.05, 0) is 48.6 Å². The number of amides is 1. The summed E-state index contributed by atoms with van der Waals surface area (Å²) < 4.78 is 5.87. The summed E-state index contributed by atoms with van der Waals surface area (Å²) in [7, 11) is 0. The lowest BCUT2D eigenvalue weighted by atomic mass is 9.93. The monoisotopic (exact) mass is 375 g/mol. The molecule has 0 fully saturated rings. The molecule has 1 unspecified atom stereocenters. The van der Waals surface area contributed by atoms with Gasteiger partial charge in [-0.25, -0.2) is 0 Å². The van der Waals surface area contributed by atoms with Crippen LogP contribution in [0.1, 0.15) is 34.7 Å². The number of nitrogens with one attached hydrogen (secondary N) is 1. The number of carbonyl (C=O) groups excluding carboxylic acids is 1. The Morgan fingerprint density at radius 3 is 2.21 bits per heavy atom. The molecule has 144 valence electrons. The third-order valence-electron chi connectivity index (χ3n) is 4.63. The smallest absolute Gasteiger partial charge is 0.255 e. The Morgan fingerprint density at radius 1 is 0.857 bits per heavy atom. The molecule has 3 aromatic carbocycles. The number of hydrogen-bond donors (Lipinski definition) is 2. The molecule has 0 aromatic heterocycles. The number of benzene rings is 3. The van der Waals surface area contributed by atoms with E-state index in [2.05, 4.69) is 17.4 Å². The van der Waals surface area contributed by atoms with Crippen molar-refractivity contribution in [2.24, 2.45) is 0 Å². The molecule has 3 aromatic rings. The molecule has 4 heteroatoms. The maximum absolute atomic E-state index is 12.7. The van der Waals surface area contributed by atoms with Gasteiger partial charge < -0.3 is 15.2 Å². The highest BCUT2D eigenvalue weighted by molar-refractivity contribution is 5.97. The van der Waals surface area contributed by atoms with Gasteiger partial charge in [0.15, 0.2) is 0 Å². The van der Waals surface area contributed by atoms with Crippen molar-refractivity contribution >= 4 is 5.91 Å². The molecule has 0 aliphatic rings. The lowest BCUT2D eigenvalue weighted by Gasteiger charge is -2.17. The van der Waals surface area contributed by atoms with Crippen molar-refractivity contribution < 1.29 is 14.6 Å². The first-order valence-electron chi connectivity index (χ1n) is 9.54. The summed E-state index contributed by atoms with van der Waals surface area (Å²) in [5.41, 5.74) is 1.68. The lowest BCUT2D eigenvalue weighted by molar-refractivity contribution is 0.0950. The molecule has 3 rings (SSSR count). The van der Waals surface area contributed by atoms with Gasteiger partial charge in [0.05, 0.1) is 5.56 Å². The summed E-state index contributed by atoms with van der Waals surface area (Å²) in [4.78, 5) is 12.7. The van der Waals surface area contributed by atoms with Gasteiger partial charge in [-0.2, -0.15) is 0 Å². The average Bonchev–Trinajstić information content (AvgIpc) is 2.75. The molecule has 1 atom stereocenters. The van der Waals surface area contributed by atoms with Crippen molar-refractivity contribution in [1.29, 1.82) is 0 Å². The van der Waals surface area contributed by atoms with Gasteiger partial charge in [-0.15, -0.1) is 0 Å². The summed E-state index contributed by atoms with van der Waals surface area (Å²) in [6.07, 6.45) is 1.44. The molecule has 0 heterocycles. The van der Waals surface area contributed by atoms with Crippen LogP contribution < -0.4 is 10.1 Å². The van der Waals surface area contributed by atoms with Crippen molar-refractivity contribution in [1.82, 2.24) is 5.32 Å². The molecule has 0 aliphatic heterocycles. The first kappa shape index (κ1) is 19.6. The molecular formula is C24H25NO3. The highest BCUT2D eigenvalue weighted by Crippen LogP contribution is 2.25. The van der Waals surface area contributed by atoms with Crippen molar-refractivity contribution in [2.75, 3.05) is 13.2 Å². The van der Waals surface area contributed by atoms with E-state index in [-0.39, 0.29) is 18.4 Å². The van der Waals surface area contributed by atoms with E-state index in [1.165, 1.54) is 5.56 Å². The zero-order valence-corrected chi connectivity index (χ0v) is 15.8. The van der Waals surface area contributed by atoms with E-state index < -0.39 is 0 Å². The average molecular weight is 375 g/mol. The number of aliphatic hydroxyl groups is 1. The summed E-state index contributed by atoms with van der Waals surface area (Å²) in [5, 5.41) is 12.3. The molecule has 0 saturated carbocycles. The number of hydrogen-bond acceptors (Lipinski definition) is 3. The second-order valence-corrected chi connectivity index (χ2v) is 6.58. The number of aliphatic hydroxyl groups excluding tert-OH is 1. The van der Waals surface area contributed by atoms with Crippen LogP contribution in [-0.2, 0) is 0 Å². The van der Waals surface area contributed by atoms with Crippen LogP contribution in [-0.4, -0.2) is 24.2 Å². The molecule has 0 bridgehead atoms. The Labute approximate surface area is 165 Å². The maximum atomic E-state index is 12.7. The Balaban J connectivity index is 1.62. The molecule has 1 amide bonds. The molecule has 0 aliphatic carbocycles. The minimum absolute atomic E-state index is 0.126. The van der Waals surface area contributed by atoms with Gasteiger partial charge in [-0.1, -0.05) is 60.7 Å². The van der Waals surface area contributed by atoms with Gasteiger partial charge in [0.25, 0.3) is 5.91 Å². The molecule has 0 saturated heterocycles. The van der Waals surface area contributed by atoms with Crippen molar-refractivity contribution in [3.8, 4) is 11.5 Å². The van der Waals surface area contributed by atoms with Gasteiger partial charge in [0.1, 0.15) is 11.5 Å². The number of ether oxygens (including phenoxy) is 1. The highest BCUT2D eigenvalue weighted by Gasteiger charge is 2.15. The van der Waals surface area contributed by atoms with Gasteiger partial charge in [0.2, 0.25) is 0 Å². The van der Waals surface area contributed by atoms with Gasteiger partial charge >= 0.3 is 0 Å². The highest BCUT2D eigenvalue weighted by atomic mass is 16.5. The van der Waals surface area contributed by atoms with E-state index in [9.17, 15) is 9.90 Å². The Hall–Kier alpha value is -3.11. The molecule has 0 spiro atoms. The van der Waals surface area contributed by atoms with E-state index in [1.807, 2.05) is 60.7 Å². The van der Waals surface area contributed by atoms with E-state index in [0.29, 0.717) is 30.0 Å². The van der Waals surface area contributed by atoms with Crippen LogP contribution >= 0.6 is 0 Å². The van der Waals surface area contributed by atoms with Crippen molar-refractivity contribution in [3.63, 3.8) is 0 Å². The van der Waals surface area contributed by atoms with E-state index in [1.54, 1.807) is 12.1 Å².